The van der Waals surface area contributed by atoms with Crippen molar-refractivity contribution in [1.29, 1.82) is 0 Å². The van der Waals surface area contributed by atoms with Gasteiger partial charge < -0.3 is 20.7 Å². The average Bonchev–Trinajstić information content (AvgIpc) is 3.07. The zero-order valence-electron chi connectivity index (χ0n) is 13.8. The monoisotopic (exact) mass is 433 g/mol. The first-order chi connectivity index (χ1) is 10.8. The van der Waals surface area contributed by atoms with Crippen molar-refractivity contribution in [1.82, 2.24) is 10.3 Å². The number of anilines is 1. The molecule has 1 fully saturated rings. The van der Waals surface area contributed by atoms with Crippen LogP contribution in [0.3, 0.4) is 0 Å². The van der Waals surface area contributed by atoms with Crippen LogP contribution in [0.5, 0.6) is 0 Å². The van der Waals surface area contributed by atoms with Crippen LogP contribution in [0.25, 0.3) is 0 Å². The quantitative estimate of drug-likeness (QED) is 0.284. The summed E-state index contributed by atoms with van der Waals surface area (Å²) in [7, 11) is 0. The number of aliphatic imine (C=N–C) groups is 1. The van der Waals surface area contributed by atoms with E-state index in [1.165, 1.54) is 12.8 Å². The first-order valence-electron chi connectivity index (χ1n) is 8.11. The van der Waals surface area contributed by atoms with Crippen molar-refractivity contribution in [3.63, 3.8) is 0 Å². The molecule has 0 aromatic carbocycles. The van der Waals surface area contributed by atoms with Crippen molar-refractivity contribution < 1.29 is 4.74 Å². The summed E-state index contributed by atoms with van der Waals surface area (Å²) in [5.41, 5.74) is 7.00. The van der Waals surface area contributed by atoms with Crippen LogP contribution in [0.2, 0.25) is 0 Å². The Morgan fingerprint density at radius 1 is 1.43 bits per heavy atom. The van der Waals surface area contributed by atoms with Crippen molar-refractivity contribution in [3.8, 4) is 0 Å². The molecular weight excluding hydrogens is 405 g/mol. The van der Waals surface area contributed by atoms with Gasteiger partial charge in [-0.2, -0.15) is 0 Å². The molecule has 1 aliphatic heterocycles. The molecule has 0 saturated carbocycles. The number of ether oxygens (including phenoxy) is 1. The standard InChI is InChI=1S/C16H27N5O.HI/c1-2-22-11-5-7-19-16(17)20-13-14-6-8-18-15(12-14)21-9-3-4-10-21;/h6,8,12H,2-5,7,9-11,13H2,1H3,(H3,17,19,20);1H. The highest BCUT2D eigenvalue weighted by Crippen LogP contribution is 2.18. The van der Waals surface area contributed by atoms with Gasteiger partial charge in [-0.15, -0.1) is 24.0 Å². The molecular formula is C16H28IN5O. The van der Waals surface area contributed by atoms with Crippen LogP contribution in [0.15, 0.2) is 23.3 Å². The number of rotatable bonds is 8. The van der Waals surface area contributed by atoms with E-state index in [-0.39, 0.29) is 24.0 Å². The van der Waals surface area contributed by atoms with Crippen molar-refractivity contribution in [2.75, 3.05) is 37.7 Å². The molecule has 6 nitrogen and oxygen atoms in total. The molecule has 3 N–H and O–H groups in total. The molecule has 1 aliphatic rings. The Hall–Kier alpha value is -1.09. The molecule has 2 heterocycles. The van der Waals surface area contributed by atoms with Crippen LogP contribution >= 0.6 is 24.0 Å². The van der Waals surface area contributed by atoms with Crippen LogP contribution in [0, 0.1) is 0 Å². The molecule has 23 heavy (non-hydrogen) atoms. The number of nitrogens with one attached hydrogen (secondary N) is 1. The Kier molecular flexibility index (Phi) is 9.93. The second kappa shape index (κ2) is 11.4. The normalized spacial score (nSPS) is 14.7. The second-order valence-electron chi connectivity index (χ2n) is 5.40. The lowest BCUT2D eigenvalue weighted by atomic mass is 10.2. The minimum absolute atomic E-state index is 0. The van der Waals surface area contributed by atoms with E-state index in [0.29, 0.717) is 12.5 Å². The lowest BCUT2D eigenvalue weighted by Gasteiger charge is -2.16. The molecule has 130 valence electrons. The third-order valence-corrected chi connectivity index (χ3v) is 3.65. The molecule has 0 bridgehead atoms. The third-order valence-electron chi connectivity index (χ3n) is 3.65. The Balaban J connectivity index is 0.00000264. The van der Waals surface area contributed by atoms with Gasteiger partial charge in [-0.05, 0) is 43.9 Å². The maximum atomic E-state index is 5.87. The number of nitrogens with two attached hydrogens (primary N) is 1. The lowest BCUT2D eigenvalue weighted by molar-refractivity contribution is 0.145. The van der Waals surface area contributed by atoms with Crippen molar-refractivity contribution in [2.45, 2.75) is 32.7 Å². The highest BCUT2D eigenvalue weighted by molar-refractivity contribution is 14.0. The number of pyridine rings is 1. The smallest absolute Gasteiger partial charge is 0.188 e. The van der Waals surface area contributed by atoms with Crippen LogP contribution in [-0.2, 0) is 11.3 Å². The molecule has 1 aromatic heterocycles. The van der Waals surface area contributed by atoms with E-state index in [4.69, 9.17) is 10.5 Å². The topological polar surface area (TPSA) is 75.8 Å². The van der Waals surface area contributed by atoms with E-state index < -0.39 is 0 Å². The first kappa shape index (κ1) is 20.0. The Morgan fingerprint density at radius 2 is 2.22 bits per heavy atom. The first-order valence-corrected chi connectivity index (χ1v) is 8.11. The molecule has 0 unspecified atom stereocenters. The number of aromatic nitrogens is 1. The zero-order valence-corrected chi connectivity index (χ0v) is 16.2. The third kappa shape index (κ3) is 7.34. The van der Waals surface area contributed by atoms with Gasteiger partial charge >= 0.3 is 0 Å². The molecule has 2 rings (SSSR count). The Bertz CT molecular complexity index is 477. The number of hydrogen-bond acceptors (Lipinski definition) is 4. The number of hydrogen-bond donors (Lipinski definition) is 2. The summed E-state index contributed by atoms with van der Waals surface area (Å²) in [5.74, 6) is 1.53. The fraction of sp³-hybridized carbons (Fsp3) is 0.625. The highest BCUT2D eigenvalue weighted by Gasteiger charge is 2.13. The summed E-state index contributed by atoms with van der Waals surface area (Å²) in [6.07, 6.45) is 5.29. The second-order valence-corrected chi connectivity index (χ2v) is 5.40. The number of nitrogens with zero attached hydrogens (tertiary/aromatic N) is 3. The van der Waals surface area contributed by atoms with Gasteiger partial charge in [0.25, 0.3) is 0 Å². The summed E-state index contributed by atoms with van der Waals surface area (Å²) in [4.78, 5) is 11.1. The van der Waals surface area contributed by atoms with Gasteiger partial charge in [0.2, 0.25) is 0 Å². The van der Waals surface area contributed by atoms with E-state index in [2.05, 4.69) is 26.3 Å². The molecule has 0 aliphatic carbocycles. The van der Waals surface area contributed by atoms with Crippen molar-refractivity contribution in [3.05, 3.63) is 23.9 Å². The molecule has 0 amide bonds. The van der Waals surface area contributed by atoms with Crippen LogP contribution in [0.4, 0.5) is 5.82 Å². The fourth-order valence-corrected chi connectivity index (χ4v) is 2.45. The summed E-state index contributed by atoms with van der Waals surface area (Å²) < 4.78 is 5.27. The predicted octanol–water partition coefficient (Wildman–Crippen LogP) is 2.13. The molecule has 0 radical (unpaired) electrons. The molecule has 1 aromatic rings. The van der Waals surface area contributed by atoms with Gasteiger partial charge in [-0.1, -0.05) is 0 Å². The maximum absolute atomic E-state index is 5.87. The summed E-state index contributed by atoms with van der Waals surface area (Å²) in [6.45, 7) is 7.06. The van der Waals surface area contributed by atoms with E-state index >= 15 is 0 Å². The minimum Gasteiger partial charge on any atom is -0.382 e. The van der Waals surface area contributed by atoms with Gasteiger partial charge in [0.1, 0.15) is 5.82 Å². The van der Waals surface area contributed by atoms with Gasteiger partial charge in [-0.3, -0.25) is 0 Å². The fourth-order valence-electron chi connectivity index (χ4n) is 2.45. The van der Waals surface area contributed by atoms with E-state index in [1.54, 1.807) is 0 Å². The largest absolute Gasteiger partial charge is 0.382 e. The maximum Gasteiger partial charge on any atom is 0.188 e. The lowest BCUT2D eigenvalue weighted by Crippen LogP contribution is -2.32. The Morgan fingerprint density at radius 3 is 2.96 bits per heavy atom. The van der Waals surface area contributed by atoms with Crippen molar-refractivity contribution >= 4 is 35.8 Å². The molecule has 0 atom stereocenters. The summed E-state index contributed by atoms with van der Waals surface area (Å²) in [6, 6.07) is 4.10. The van der Waals surface area contributed by atoms with Gasteiger partial charge in [0, 0.05) is 39.0 Å². The Labute approximate surface area is 155 Å². The minimum atomic E-state index is 0. The van der Waals surface area contributed by atoms with E-state index in [0.717, 1.165) is 50.7 Å². The number of halogens is 1. The zero-order chi connectivity index (χ0) is 15.6. The van der Waals surface area contributed by atoms with Gasteiger partial charge in [0.05, 0.1) is 6.54 Å². The summed E-state index contributed by atoms with van der Waals surface area (Å²) in [5, 5.41) is 3.10. The molecule has 0 spiro atoms. The summed E-state index contributed by atoms with van der Waals surface area (Å²) >= 11 is 0. The van der Waals surface area contributed by atoms with E-state index in [1.807, 2.05) is 19.2 Å². The van der Waals surface area contributed by atoms with Gasteiger partial charge in [-0.25, -0.2) is 9.98 Å². The molecule has 1 saturated heterocycles. The van der Waals surface area contributed by atoms with Crippen LogP contribution in [-0.4, -0.2) is 43.8 Å². The highest BCUT2D eigenvalue weighted by atomic mass is 127. The van der Waals surface area contributed by atoms with E-state index in [9.17, 15) is 0 Å². The van der Waals surface area contributed by atoms with Crippen molar-refractivity contribution in [2.24, 2.45) is 10.7 Å². The number of guanidine groups is 1. The van der Waals surface area contributed by atoms with Gasteiger partial charge in [0.15, 0.2) is 5.96 Å². The van der Waals surface area contributed by atoms with Crippen LogP contribution < -0.4 is 16.0 Å². The predicted molar refractivity (Wildman–Crippen MR) is 106 cm³/mol. The SMILES string of the molecule is CCOCCCNC(N)=NCc1ccnc(N2CCCC2)c1.I. The molecule has 7 heteroatoms. The van der Waals surface area contributed by atoms with Crippen LogP contribution in [0.1, 0.15) is 31.7 Å². The average molecular weight is 433 g/mol.